The van der Waals surface area contributed by atoms with Crippen molar-refractivity contribution < 1.29 is 14.3 Å². The summed E-state index contributed by atoms with van der Waals surface area (Å²) in [6, 6.07) is -0.223. The topological polar surface area (TPSA) is 47.6 Å². The highest BCUT2D eigenvalue weighted by atomic mass is 16.5. The number of carbonyl (C=O) groups is 1. The molecule has 0 aromatic carbocycles. The average molecular weight is 215 g/mol. The van der Waals surface area contributed by atoms with Crippen molar-refractivity contribution >= 4 is 5.97 Å². The van der Waals surface area contributed by atoms with Gasteiger partial charge in [0.15, 0.2) is 0 Å². The highest BCUT2D eigenvalue weighted by molar-refractivity contribution is 5.75. The van der Waals surface area contributed by atoms with Crippen LogP contribution in [0.3, 0.4) is 0 Å². The van der Waals surface area contributed by atoms with Crippen LogP contribution in [0.1, 0.15) is 26.7 Å². The van der Waals surface area contributed by atoms with Gasteiger partial charge in [0.05, 0.1) is 13.2 Å². The quantitative estimate of drug-likeness (QED) is 0.694. The third-order valence-electron chi connectivity index (χ3n) is 2.71. The van der Waals surface area contributed by atoms with E-state index in [0.29, 0.717) is 0 Å². The van der Waals surface area contributed by atoms with Crippen molar-refractivity contribution in [1.82, 2.24) is 5.32 Å². The van der Waals surface area contributed by atoms with Crippen molar-refractivity contribution in [2.24, 2.45) is 5.92 Å². The smallest absolute Gasteiger partial charge is 0.323 e. The second-order valence-electron chi connectivity index (χ2n) is 4.29. The lowest BCUT2D eigenvalue weighted by molar-refractivity contribution is -0.144. The number of hydrogen-bond donors (Lipinski definition) is 1. The Bertz CT molecular complexity index is 200. The van der Waals surface area contributed by atoms with Gasteiger partial charge in [-0.15, -0.1) is 0 Å². The van der Waals surface area contributed by atoms with Gasteiger partial charge in [-0.1, -0.05) is 13.8 Å². The maximum atomic E-state index is 11.4. The molecule has 4 nitrogen and oxygen atoms in total. The number of carbonyl (C=O) groups excluding carboxylic acids is 1. The van der Waals surface area contributed by atoms with E-state index in [4.69, 9.17) is 9.47 Å². The maximum absolute atomic E-state index is 11.4. The molecule has 1 heterocycles. The van der Waals surface area contributed by atoms with Gasteiger partial charge in [0.2, 0.25) is 0 Å². The highest BCUT2D eigenvalue weighted by Crippen LogP contribution is 2.12. The molecule has 88 valence electrons. The molecule has 0 radical (unpaired) electrons. The van der Waals surface area contributed by atoms with E-state index in [0.717, 1.165) is 26.0 Å². The first-order valence-electron chi connectivity index (χ1n) is 5.58. The molecule has 1 N–H and O–H groups in total. The first kappa shape index (κ1) is 12.5. The molecule has 1 aliphatic rings. The maximum Gasteiger partial charge on any atom is 0.323 e. The predicted octanol–water partition coefficient (Wildman–Crippen LogP) is 0.953. The molecule has 0 spiro atoms. The summed E-state index contributed by atoms with van der Waals surface area (Å²) in [5.74, 6) is 0.0434. The summed E-state index contributed by atoms with van der Waals surface area (Å²) in [6.07, 6.45) is 2.46. The van der Waals surface area contributed by atoms with Crippen molar-refractivity contribution in [2.75, 3.05) is 20.3 Å². The van der Waals surface area contributed by atoms with Crippen LogP contribution in [-0.2, 0) is 14.3 Å². The fourth-order valence-corrected chi connectivity index (χ4v) is 1.78. The van der Waals surface area contributed by atoms with Crippen molar-refractivity contribution in [2.45, 2.75) is 38.8 Å². The standard InChI is InChI=1S/C11H21NO3/c1-8(2)10(11(13)14-3)12-7-9-5-4-6-15-9/h8-10,12H,4-7H2,1-3H3. The van der Waals surface area contributed by atoms with Crippen LogP contribution in [-0.4, -0.2) is 38.4 Å². The Hall–Kier alpha value is -0.610. The summed E-state index contributed by atoms with van der Waals surface area (Å²) < 4.78 is 10.2. The van der Waals surface area contributed by atoms with E-state index in [1.54, 1.807) is 0 Å². The van der Waals surface area contributed by atoms with Gasteiger partial charge in [-0.05, 0) is 18.8 Å². The van der Waals surface area contributed by atoms with Gasteiger partial charge in [-0.25, -0.2) is 0 Å². The van der Waals surface area contributed by atoms with Crippen LogP contribution in [0.4, 0.5) is 0 Å². The predicted molar refractivity (Wildman–Crippen MR) is 57.6 cm³/mol. The molecule has 0 aromatic rings. The Balaban J connectivity index is 2.33. The lowest BCUT2D eigenvalue weighted by Gasteiger charge is -2.21. The monoisotopic (exact) mass is 215 g/mol. The normalized spacial score (nSPS) is 23.1. The zero-order valence-corrected chi connectivity index (χ0v) is 9.79. The van der Waals surface area contributed by atoms with Gasteiger partial charge in [0, 0.05) is 13.2 Å². The Kier molecular flexibility index (Phi) is 5.05. The fourth-order valence-electron chi connectivity index (χ4n) is 1.78. The molecule has 1 rings (SSSR count). The average Bonchev–Trinajstić information content (AvgIpc) is 2.70. The first-order valence-corrected chi connectivity index (χ1v) is 5.58. The molecule has 0 aliphatic carbocycles. The molecule has 0 aromatic heterocycles. The first-order chi connectivity index (χ1) is 7.15. The summed E-state index contributed by atoms with van der Waals surface area (Å²) >= 11 is 0. The lowest BCUT2D eigenvalue weighted by atomic mass is 10.0. The zero-order chi connectivity index (χ0) is 11.3. The summed E-state index contributed by atoms with van der Waals surface area (Å²) in [6.45, 7) is 5.59. The van der Waals surface area contributed by atoms with E-state index in [2.05, 4.69) is 5.32 Å². The van der Waals surface area contributed by atoms with Crippen LogP contribution in [0.25, 0.3) is 0 Å². The fraction of sp³-hybridized carbons (Fsp3) is 0.909. The molecule has 0 bridgehead atoms. The van der Waals surface area contributed by atoms with E-state index < -0.39 is 0 Å². The molecule has 1 fully saturated rings. The van der Waals surface area contributed by atoms with Crippen LogP contribution in [0, 0.1) is 5.92 Å². The van der Waals surface area contributed by atoms with Gasteiger partial charge >= 0.3 is 5.97 Å². The van der Waals surface area contributed by atoms with Gasteiger partial charge in [0.1, 0.15) is 6.04 Å². The Morgan fingerprint density at radius 1 is 1.60 bits per heavy atom. The lowest BCUT2D eigenvalue weighted by Crippen LogP contribution is -2.44. The van der Waals surface area contributed by atoms with E-state index in [1.807, 2.05) is 13.8 Å². The SMILES string of the molecule is COC(=O)C(NCC1CCCO1)C(C)C. The molecule has 0 amide bonds. The molecular weight excluding hydrogens is 194 g/mol. The Morgan fingerprint density at radius 2 is 2.33 bits per heavy atom. The third-order valence-corrected chi connectivity index (χ3v) is 2.71. The van der Waals surface area contributed by atoms with Crippen LogP contribution in [0.5, 0.6) is 0 Å². The molecule has 15 heavy (non-hydrogen) atoms. The zero-order valence-electron chi connectivity index (χ0n) is 9.79. The molecule has 2 unspecified atom stereocenters. The number of methoxy groups -OCH3 is 1. The number of esters is 1. The van der Waals surface area contributed by atoms with E-state index in [9.17, 15) is 4.79 Å². The van der Waals surface area contributed by atoms with Gasteiger partial charge in [-0.2, -0.15) is 0 Å². The van der Waals surface area contributed by atoms with Crippen LogP contribution >= 0.6 is 0 Å². The number of hydrogen-bond acceptors (Lipinski definition) is 4. The molecular formula is C11H21NO3. The summed E-state index contributed by atoms with van der Waals surface area (Å²) in [5, 5.41) is 3.21. The van der Waals surface area contributed by atoms with Crippen LogP contribution < -0.4 is 5.32 Å². The number of ether oxygens (including phenoxy) is 2. The van der Waals surface area contributed by atoms with Crippen LogP contribution in [0.15, 0.2) is 0 Å². The summed E-state index contributed by atoms with van der Waals surface area (Å²) in [5.41, 5.74) is 0. The minimum atomic E-state index is -0.223. The van der Waals surface area contributed by atoms with E-state index in [-0.39, 0.29) is 24.0 Å². The van der Waals surface area contributed by atoms with E-state index >= 15 is 0 Å². The molecule has 4 heteroatoms. The second kappa shape index (κ2) is 6.08. The summed E-state index contributed by atoms with van der Waals surface area (Å²) in [4.78, 5) is 11.4. The minimum Gasteiger partial charge on any atom is -0.468 e. The van der Waals surface area contributed by atoms with Gasteiger partial charge < -0.3 is 14.8 Å². The molecule has 1 aliphatic heterocycles. The second-order valence-corrected chi connectivity index (χ2v) is 4.29. The van der Waals surface area contributed by atoms with Crippen molar-refractivity contribution in [3.63, 3.8) is 0 Å². The minimum absolute atomic E-state index is 0.192. The summed E-state index contributed by atoms with van der Waals surface area (Å²) in [7, 11) is 1.42. The van der Waals surface area contributed by atoms with E-state index in [1.165, 1.54) is 7.11 Å². The van der Waals surface area contributed by atoms with Crippen molar-refractivity contribution in [1.29, 1.82) is 0 Å². The number of nitrogens with one attached hydrogen (secondary N) is 1. The molecule has 0 saturated carbocycles. The van der Waals surface area contributed by atoms with Crippen LogP contribution in [0.2, 0.25) is 0 Å². The molecule has 1 saturated heterocycles. The number of rotatable bonds is 5. The van der Waals surface area contributed by atoms with Crippen molar-refractivity contribution in [3.8, 4) is 0 Å². The Labute approximate surface area is 91.3 Å². The van der Waals surface area contributed by atoms with Gasteiger partial charge in [-0.3, -0.25) is 4.79 Å². The van der Waals surface area contributed by atoms with Crippen molar-refractivity contribution in [3.05, 3.63) is 0 Å². The van der Waals surface area contributed by atoms with Gasteiger partial charge in [0.25, 0.3) is 0 Å². The Morgan fingerprint density at radius 3 is 2.80 bits per heavy atom. The molecule has 2 atom stereocenters. The third kappa shape index (κ3) is 3.80. The largest absolute Gasteiger partial charge is 0.468 e. The highest BCUT2D eigenvalue weighted by Gasteiger charge is 2.24.